The van der Waals surface area contributed by atoms with E-state index >= 15 is 0 Å². The van der Waals surface area contributed by atoms with Crippen molar-refractivity contribution in [3.63, 3.8) is 0 Å². The number of aryl methyl sites for hydroxylation is 1. The second kappa shape index (κ2) is 7.92. The second-order valence-electron chi connectivity index (χ2n) is 8.11. The van der Waals surface area contributed by atoms with Crippen LogP contribution in [0.25, 0.3) is 0 Å². The van der Waals surface area contributed by atoms with Crippen molar-refractivity contribution in [2.24, 2.45) is 0 Å². The monoisotopic (exact) mass is 412 g/mol. The molecule has 2 N–H and O–H groups in total. The van der Waals surface area contributed by atoms with Crippen molar-refractivity contribution >= 4 is 23.6 Å². The minimum absolute atomic E-state index is 0.0635. The Bertz CT molecular complexity index is 962. The molecule has 0 bridgehead atoms. The van der Waals surface area contributed by atoms with Gasteiger partial charge in [0.1, 0.15) is 11.5 Å². The maximum absolute atomic E-state index is 13.0. The van der Waals surface area contributed by atoms with Crippen molar-refractivity contribution in [2.75, 3.05) is 36.4 Å². The van der Waals surface area contributed by atoms with E-state index in [4.69, 9.17) is 4.98 Å². The van der Waals surface area contributed by atoms with Gasteiger partial charge in [-0.25, -0.2) is 4.98 Å². The molecule has 1 saturated heterocycles. The summed E-state index contributed by atoms with van der Waals surface area (Å²) in [7, 11) is 0. The summed E-state index contributed by atoms with van der Waals surface area (Å²) in [6, 6.07) is 2.05. The quantitative estimate of drug-likeness (QED) is 0.758. The molecule has 10 nitrogen and oxygen atoms in total. The van der Waals surface area contributed by atoms with Crippen LogP contribution < -0.4 is 10.2 Å². The van der Waals surface area contributed by atoms with Crippen LogP contribution in [0.5, 0.6) is 0 Å². The maximum atomic E-state index is 13.0. The topological polar surface area (TPSA) is 110 Å². The number of hydrogen-bond donors (Lipinski definition) is 2. The van der Waals surface area contributed by atoms with Crippen LogP contribution in [0, 0.1) is 6.92 Å². The minimum Gasteiger partial charge on any atom is -0.364 e. The first-order valence-electron chi connectivity index (χ1n) is 10.3. The van der Waals surface area contributed by atoms with Crippen molar-refractivity contribution in [3.05, 3.63) is 28.7 Å². The number of nitrogens with one attached hydrogen (secondary N) is 2. The number of aromatic amines is 1. The molecule has 30 heavy (non-hydrogen) atoms. The highest BCUT2D eigenvalue weighted by atomic mass is 16.2. The summed E-state index contributed by atoms with van der Waals surface area (Å²) in [5, 5.41) is 10.5. The van der Waals surface area contributed by atoms with Crippen LogP contribution in [0.4, 0.5) is 11.8 Å². The second-order valence-corrected chi connectivity index (χ2v) is 8.11. The van der Waals surface area contributed by atoms with E-state index in [0.717, 1.165) is 17.0 Å². The average molecular weight is 412 g/mol. The van der Waals surface area contributed by atoms with Gasteiger partial charge < -0.3 is 20.0 Å². The molecule has 10 heteroatoms. The Morgan fingerprint density at radius 1 is 1.23 bits per heavy atom. The first-order chi connectivity index (χ1) is 14.3. The van der Waals surface area contributed by atoms with E-state index in [1.807, 2.05) is 41.5 Å². The van der Waals surface area contributed by atoms with Crippen molar-refractivity contribution in [3.8, 4) is 0 Å². The van der Waals surface area contributed by atoms with E-state index in [-0.39, 0.29) is 17.9 Å². The Morgan fingerprint density at radius 3 is 2.57 bits per heavy atom. The molecule has 0 saturated carbocycles. The van der Waals surface area contributed by atoms with Crippen LogP contribution in [0.1, 0.15) is 48.2 Å². The lowest BCUT2D eigenvalue weighted by atomic mass is 10.2. The van der Waals surface area contributed by atoms with E-state index in [0.29, 0.717) is 56.7 Å². The van der Waals surface area contributed by atoms with Gasteiger partial charge in [0, 0.05) is 44.7 Å². The molecule has 2 aliphatic rings. The van der Waals surface area contributed by atoms with Gasteiger partial charge in [-0.2, -0.15) is 10.1 Å². The summed E-state index contributed by atoms with van der Waals surface area (Å²) in [6.07, 6.45) is 0. The molecule has 0 unspecified atom stereocenters. The third-order valence-electron chi connectivity index (χ3n) is 5.62. The first kappa shape index (κ1) is 20.1. The van der Waals surface area contributed by atoms with E-state index in [9.17, 15) is 9.59 Å². The number of amides is 2. The summed E-state index contributed by atoms with van der Waals surface area (Å²) >= 11 is 0. The van der Waals surface area contributed by atoms with E-state index in [2.05, 4.69) is 20.5 Å². The number of aromatic nitrogens is 4. The standard InChI is InChI=1S/C20H28N8O2/c1-12(2)28-11-16-17(19(28)30)22-20(27-7-5-26(6-8-27)14(4)29)23-18(16)21-10-15-9-13(3)24-25-15/h9,12H,5-8,10-11H2,1-4H3,(H,24,25)(H,21,22,23). The number of hydrogen-bond acceptors (Lipinski definition) is 7. The predicted octanol–water partition coefficient (Wildman–Crippen LogP) is 1.15. The van der Waals surface area contributed by atoms with Gasteiger partial charge in [0.05, 0.1) is 24.5 Å². The van der Waals surface area contributed by atoms with Gasteiger partial charge in [-0.15, -0.1) is 0 Å². The number of nitrogens with zero attached hydrogens (tertiary/aromatic N) is 6. The zero-order valence-corrected chi connectivity index (χ0v) is 17.9. The molecular formula is C20H28N8O2. The Morgan fingerprint density at radius 2 is 1.97 bits per heavy atom. The van der Waals surface area contributed by atoms with Crippen LogP contribution in [0.3, 0.4) is 0 Å². The maximum Gasteiger partial charge on any atom is 0.273 e. The van der Waals surface area contributed by atoms with Gasteiger partial charge in [-0.1, -0.05) is 0 Å². The fourth-order valence-corrected chi connectivity index (χ4v) is 3.85. The Kier molecular flexibility index (Phi) is 5.31. The molecule has 160 valence electrons. The summed E-state index contributed by atoms with van der Waals surface area (Å²) in [4.78, 5) is 39.7. The summed E-state index contributed by atoms with van der Waals surface area (Å²) in [5.41, 5.74) is 3.16. The number of piperazine rings is 1. The normalized spacial score (nSPS) is 16.4. The summed E-state index contributed by atoms with van der Waals surface area (Å²) < 4.78 is 0. The van der Waals surface area contributed by atoms with E-state index in [1.165, 1.54) is 0 Å². The van der Waals surface area contributed by atoms with Gasteiger partial charge in [0.25, 0.3) is 5.91 Å². The highest BCUT2D eigenvalue weighted by molar-refractivity contribution is 5.98. The predicted molar refractivity (Wildman–Crippen MR) is 112 cm³/mol. The molecule has 2 aliphatic heterocycles. The van der Waals surface area contributed by atoms with Gasteiger partial charge >= 0.3 is 0 Å². The third kappa shape index (κ3) is 3.81. The molecule has 2 aromatic heterocycles. The van der Waals surface area contributed by atoms with Crippen molar-refractivity contribution in [2.45, 2.75) is 46.8 Å². The highest BCUT2D eigenvalue weighted by Crippen LogP contribution is 2.30. The minimum atomic E-state index is -0.0635. The lowest BCUT2D eigenvalue weighted by Gasteiger charge is -2.34. The fraction of sp³-hybridized carbons (Fsp3) is 0.550. The number of carbonyl (C=O) groups is 2. The van der Waals surface area contributed by atoms with Gasteiger partial charge in [0.2, 0.25) is 11.9 Å². The number of H-pyrrole nitrogens is 1. The lowest BCUT2D eigenvalue weighted by Crippen LogP contribution is -2.48. The van der Waals surface area contributed by atoms with Crippen molar-refractivity contribution < 1.29 is 9.59 Å². The summed E-state index contributed by atoms with van der Waals surface area (Å²) in [6.45, 7) is 11.1. The number of fused-ring (bicyclic) bond motifs is 1. The molecular weight excluding hydrogens is 384 g/mol. The Hall–Kier alpha value is -3.17. The zero-order chi connectivity index (χ0) is 21.4. The smallest absolute Gasteiger partial charge is 0.273 e. The molecule has 4 rings (SSSR count). The lowest BCUT2D eigenvalue weighted by molar-refractivity contribution is -0.129. The molecule has 0 aromatic carbocycles. The Balaban J connectivity index is 1.62. The van der Waals surface area contributed by atoms with Crippen molar-refractivity contribution in [1.82, 2.24) is 30.0 Å². The first-order valence-corrected chi connectivity index (χ1v) is 10.3. The number of anilines is 2. The molecule has 2 amide bonds. The van der Waals surface area contributed by atoms with Crippen LogP contribution in [0.2, 0.25) is 0 Å². The molecule has 1 fully saturated rings. The molecule has 4 heterocycles. The summed E-state index contributed by atoms with van der Waals surface area (Å²) in [5.74, 6) is 1.21. The van der Waals surface area contributed by atoms with Crippen LogP contribution in [-0.4, -0.2) is 74.0 Å². The average Bonchev–Trinajstić information content (AvgIpc) is 3.29. The highest BCUT2D eigenvalue weighted by Gasteiger charge is 2.35. The zero-order valence-electron chi connectivity index (χ0n) is 17.9. The number of carbonyl (C=O) groups excluding carboxylic acids is 2. The fourth-order valence-electron chi connectivity index (χ4n) is 3.85. The van der Waals surface area contributed by atoms with Gasteiger partial charge in [-0.05, 0) is 26.8 Å². The largest absolute Gasteiger partial charge is 0.364 e. The molecule has 0 aliphatic carbocycles. The SMILES string of the molecule is CC(=O)N1CCN(c2nc(NCc3cc(C)n[nH]3)c3c(n2)C(=O)N(C(C)C)C3)CC1. The molecule has 0 spiro atoms. The van der Waals surface area contributed by atoms with Gasteiger partial charge in [0.15, 0.2) is 0 Å². The van der Waals surface area contributed by atoms with Crippen LogP contribution in [-0.2, 0) is 17.9 Å². The van der Waals surface area contributed by atoms with Crippen LogP contribution >= 0.6 is 0 Å². The van der Waals surface area contributed by atoms with Gasteiger partial charge in [-0.3, -0.25) is 14.7 Å². The third-order valence-corrected chi connectivity index (χ3v) is 5.62. The Labute approximate surface area is 175 Å². The van der Waals surface area contributed by atoms with Crippen LogP contribution in [0.15, 0.2) is 6.07 Å². The molecule has 0 atom stereocenters. The van der Waals surface area contributed by atoms with E-state index < -0.39 is 0 Å². The van der Waals surface area contributed by atoms with E-state index in [1.54, 1.807) is 6.92 Å². The molecule has 0 radical (unpaired) electrons. The number of rotatable bonds is 5. The molecule has 2 aromatic rings. The van der Waals surface area contributed by atoms with Crippen molar-refractivity contribution in [1.29, 1.82) is 0 Å².